The molecule has 6 nitrogen and oxygen atoms in total. The molecule has 1 unspecified atom stereocenters. The number of hydrogen-bond acceptors (Lipinski definition) is 5. The summed E-state index contributed by atoms with van der Waals surface area (Å²) in [6.45, 7) is 1.70. The number of esters is 1. The number of nitrogens with zero attached hydrogens (tertiary/aromatic N) is 2. The van der Waals surface area contributed by atoms with Crippen LogP contribution < -0.4 is 0 Å². The van der Waals surface area contributed by atoms with Crippen molar-refractivity contribution in [2.24, 2.45) is 11.0 Å². The number of methoxy groups -OCH3 is 1. The molecule has 1 atom stereocenters. The molecule has 1 rings (SSSR count). The summed E-state index contributed by atoms with van der Waals surface area (Å²) in [6, 6.07) is 0. The van der Waals surface area contributed by atoms with Crippen LogP contribution in [0.1, 0.15) is 13.3 Å². The van der Waals surface area contributed by atoms with Crippen molar-refractivity contribution in [3.63, 3.8) is 0 Å². The zero-order valence-corrected chi connectivity index (χ0v) is 8.77. The number of rotatable bonds is 4. The third-order valence-electron chi connectivity index (χ3n) is 2.25. The van der Waals surface area contributed by atoms with Crippen molar-refractivity contribution >= 4 is 17.6 Å². The molecule has 0 aliphatic carbocycles. The van der Waals surface area contributed by atoms with Gasteiger partial charge in [0.15, 0.2) is 0 Å². The predicted octanol–water partition coefficient (Wildman–Crippen LogP) is -0.624. The molecule has 0 bridgehead atoms. The molecule has 0 aromatic heterocycles. The number of β-amino-alcohol motifs (C(OH)–C–C–N with tert-alkyl or cyclic N) is 1. The van der Waals surface area contributed by atoms with Gasteiger partial charge in [-0.15, -0.1) is 0 Å². The summed E-state index contributed by atoms with van der Waals surface area (Å²) in [5.74, 6) is -1.23. The van der Waals surface area contributed by atoms with E-state index in [2.05, 4.69) is 9.84 Å². The van der Waals surface area contributed by atoms with Crippen LogP contribution in [0.25, 0.3) is 0 Å². The van der Waals surface area contributed by atoms with Crippen molar-refractivity contribution in [1.29, 1.82) is 0 Å². The fourth-order valence-electron chi connectivity index (χ4n) is 1.41. The van der Waals surface area contributed by atoms with Crippen LogP contribution in [-0.4, -0.2) is 48.0 Å². The Morgan fingerprint density at radius 3 is 2.87 bits per heavy atom. The molecule has 1 N–H and O–H groups in total. The van der Waals surface area contributed by atoms with Gasteiger partial charge in [0.05, 0.1) is 32.6 Å². The molecule has 84 valence electrons. The molecule has 0 aromatic carbocycles. The summed E-state index contributed by atoms with van der Waals surface area (Å²) in [5.41, 5.74) is 0.582. The summed E-state index contributed by atoms with van der Waals surface area (Å²) in [4.78, 5) is 22.7. The Labute approximate surface area is 87.5 Å². The molecular weight excluding hydrogens is 200 g/mol. The maximum atomic E-state index is 11.6. The number of carbonyl (C=O) groups excluding carboxylic acids is 2. The normalized spacial score (nSPS) is 20.5. The number of ether oxygens (including phenoxy) is 1. The first-order valence-corrected chi connectivity index (χ1v) is 4.64. The third-order valence-corrected chi connectivity index (χ3v) is 2.25. The van der Waals surface area contributed by atoms with Crippen LogP contribution in [0.2, 0.25) is 0 Å². The first kappa shape index (κ1) is 11.6. The number of carbonyl (C=O) groups is 2. The van der Waals surface area contributed by atoms with Gasteiger partial charge in [0, 0.05) is 5.71 Å². The molecule has 1 aliphatic heterocycles. The van der Waals surface area contributed by atoms with E-state index in [0.717, 1.165) is 0 Å². The minimum atomic E-state index is -0.538. The average molecular weight is 214 g/mol. The van der Waals surface area contributed by atoms with E-state index in [4.69, 9.17) is 5.11 Å². The molecule has 0 aromatic rings. The third kappa shape index (κ3) is 2.53. The van der Waals surface area contributed by atoms with E-state index in [0.29, 0.717) is 5.71 Å². The van der Waals surface area contributed by atoms with E-state index in [9.17, 15) is 9.59 Å². The van der Waals surface area contributed by atoms with E-state index >= 15 is 0 Å². The summed E-state index contributed by atoms with van der Waals surface area (Å²) in [5, 5.41) is 13.8. The Balaban J connectivity index is 2.65. The number of hydrogen-bond donors (Lipinski definition) is 1. The number of hydrazone groups is 1. The minimum absolute atomic E-state index is 0.00654. The SMILES string of the molecule is COC(=O)CC1C(=O)N(CCO)N=C1C. The van der Waals surface area contributed by atoms with Crippen LogP contribution in [0.4, 0.5) is 0 Å². The fourth-order valence-corrected chi connectivity index (χ4v) is 1.41. The molecule has 0 saturated carbocycles. The van der Waals surface area contributed by atoms with Gasteiger partial charge in [0.2, 0.25) is 0 Å². The number of aliphatic hydroxyl groups is 1. The van der Waals surface area contributed by atoms with Crippen LogP contribution >= 0.6 is 0 Å². The Morgan fingerprint density at radius 1 is 1.67 bits per heavy atom. The first-order chi connectivity index (χ1) is 7.10. The molecule has 0 radical (unpaired) electrons. The van der Waals surface area contributed by atoms with Crippen LogP contribution in [0.15, 0.2) is 5.10 Å². The Morgan fingerprint density at radius 2 is 2.33 bits per heavy atom. The lowest BCUT2D eigenvalue weighted by Gasteiger charge is -2.11. The summed E-state index contributed by atoms with van der Waals surface area (Å²) >= 11 is 0. The molecule has 0 spiro atoms. The fraction of sp³-hybridized carbons (Fsp3) is 0.667. The molecule has 1 amide bonds. The smallest absolute Gasteiger partial charge is 0.306 e. The monoisotopic (exact) mass is 214 g/mol. The van der Waals surface area contributed by atoms with Crippen molar-refractivity contribution in [3.05, 3.63) is 0 Å². The molecule has 0 fully saturated rings. The molecule has 1 aliphatic rings. The zero-order valence-electron chi connectivity index (χ0n) is 8.77. The Hall–Kier alpha value is -1.43. The van der Waals surface area contributed by atoms with E-state index in [1.165, 1.54) is 12.1 Å². The van der Waals surface area contributed by atoms with Crippen LogP contribution in [0, 0.1) is 5.92 Å². The second-order valence-electron chi connectivity index (χ2n) is 3.26. The van der Waals surface area contributed by atoms with Gasteiger partial charge in [-0.1, -0.05) is 0 Å². The van der Waals surface area contributed by atoms with Crippen molar-refractivity contribution < 1.29 is 19.4 Å². The highest BCUT2D eigenvalue weighted by molar-refractivity contribution is 6.08. The van der Waals surface area contributed by atoms with Gasteiger partial charge in [0.1, 0.15) is 0 Å². The van der Waals surface area contributed by atoms with E-state index in [-0.39, 0.29) is 25.5 Å². The topological polar surface area (TPSA) is 79.2 Å². The summed E-state index contributed by atoms with van der Waals surface area (Å²) in [6.07, 6.45) is 0.00654. The van der Waals surface area contributed by atoms with Gasteiger partial charge in [-0.2, -0.15) is 5.10 Å². The molecule has 6 heteroatoms. The highest BCUT2D eigenvalue weighted by Crippen LogP contribution is 2.18. The highest BCUT2D eigenvalue weighted by Gasteiger charge is 2.34. The van der Waals surface area contributed by atoms with Crippen molar-refractivity contribution in [3.8, 4) is 0 Å². The quantitative estimate of drug-likeness (QED) is 0.632. The lowest BCUT2D eigenvalue weighted by molar-refractivity contribution is -0.144. The molecule has 1 heterocycles. The van der Waals surface area contributed by atoms with Crippen molar-refractivity contribution in [1.82, 2.24) is 5.01 Å². The van der Waals surface area contributed by atoms with Gasteiger partial charge in [-0.25, -0.2) is 5.01 Å². The van der Waals surface area contributed by atoms with Gasteiger partial charge in [-0.3, -0.25) is 9.59 Å². The van der Waals surface area contributed by atoms with E-state index in [1.807, 2.05) is 0 Å². The van der Waals surface area contributed by atoms with Crippen LogP contribution in [0.3, 0.4) is 0 Å². The van der Waals surface area contributed by atoms with Crippen molar-refractivity contribution in [2.45, 2.75) is 13.3 Å². The Bertz CT molecular complexity index is 300. The van der Waals surface area contributed by atoms with Crippen LogP contribution in [-0.2, 0) is 14.3 Å². The number of amides is 1. The zero-order chi connectivity index (χ0) is 11.4. The minimum Gasteiger partial charge on any atom is -0.469 e. The average Bonchev–Trinajstić information content (AvgIpc) is 2.46. The second kappa shape index (κ2) is 4.88. The van der Waals surface area contributed by atoms with Gasteiger partial charge in [0.25, 0.3) is 5.91 Å². The first-order valence-electron chi connectivity index (χ1n) is 4.64. The summed E-state index contributed by atoms with van der Waals surface area (Å²) in [7, 11) is 1.28. The maximum absolute atomic E-state index is 11.6. The van der Waals surface area contributed by atoms with Crippen LogP contribution in [0.5, 0.6) is 0 Å². The Kier molecular flexibility index (Phi) is 3.79. The lowest BCUT2D eigenvalue weighted by Crippen LogP contribution is -2.30. The molecule has 0 saturated heterocycles. The van der Waals surface area contributed by atoms with E-state index < -0.39 is 11.9 Å². The largest absolute Gasteiger partial charge is 0.469 e. The van der Waals surface area contributed by atoms with Gasteiger partial charge >= 0.3 is 5.97 Å². The lowest BCUT2D eigenvalue weighted by atomic mass is 10.0. The maximum Gasteiger partial charge on any atom is 0.306 e. The van der Waals surface area contributed by atoms with E-state index in [1.54, 1.807) is 6.92 Å². The standard InChI is InChI=1S/C9H14N2O4/c1-6-7(5-8(13)15-2)9(14)11(10-6)3-4-12/h7,12H,3-5H2,1-2H3. The number of aliphatic hydroxyl groups excluding tert-OH is 1. The highest BCUT2D eigenvalue weighted by atomic mass is 16.5. The predicted molar refractivity (Wildman–Crippen MR) is 52.0 cm³/mol. The second-order valence-corrected chi connectivity index (χ2v) is 3.26. The van der Waals surface area contributed by atoms with Crippen molar-refractivity contribution in [2.75, 3.05) is 20.3 Å². The molecular formula is C9H14N2O4. The summed E-state index contributed by atoms with van der Waals surface area (Å²) < 4.78 is 4.49. The molecule has 15 heavy (non-hydrogen) atoms. The van der Waals surface area contributed by atoms with Gasteiger partial charge in [-0.05, 0) is 6.92 Å². The van der Waals surface area contributed by atoms with Gasteiger partial charge < -0.3 is 9.84 Å².